The lowest BCUT2D eigenvalue weighted by Gasteiger charge is -2.28. The number of hydrogen-bond acceptors (Lipinski definition) is 3. The third-order valence-electron chi connectivity index (χ3n) is 3.89. The van der Waals surface area contributed by atoms with Crippen molar-refractivity contribution in [3.8, 4) is 0 Å². The molecule has 1 aromatic rings. The first kappa shape index (κ1) is 14.4. The quantitative estimate of drug-likeness (QED) is 0.785. The molecule has 1 amide bonds. The second kappa shape index (κ2) is 5.94. The average molecular weight is 276 g/mol. The molecular formula is C15H20N2O3. The highest BCUT2D eigenvalue weighted by Crippen LogP contribution is 2.27. The summed E-state index contributed by atoms with van der Waals surface area (Å²) in [4.78, 5) is 22.2. The number of rotatable bonds is 4. The number of carboxylic acid groups (broad SMARTS) is 1. The van der Waals surface area contributed by atoms with Crippen molar-refractivity contribution in [2.45, 2.75) is 38.6 Å². The van der Waals surface area contributed by atoms with E-state index in [-0.39, 0.29) is 12.0 Å². The molecule has 1 saturated carbocycles. The third kappa shape index (κ3) is 3.29. The van der Waals surface area contributed by atoms with Gasteiger partial charge in [0.2, 0.25) is 5.91 Å². The monoisotopic (exact) mass is 276 g/mol. The maximum Gasteiger partial charge on any atom is 0.306 e. The van der Waals surface area contributed by atoms with E-state index in [1.54, 1.807) is 6.07 Å². The molecule has 4 N–H and O–H groups in total. The summed E-state index contributed by atoms with van der Waals surface area (Å²) in [5.74, 6) is -1.40. The van der Waals surface area contributed by atoms with Crippen molar-refractivity contribution in [2.75, 3.05) is 5.32 Å². The zero-order valence-electron chi connectivity index (χ0n) is 11.6. The Morgan fingerprint density at radius 1 is 1.35 bits per heavy atom. The molecule has 5 heteroatoms. The predicted octanol–water partition coefficient (Wildman–Crippen LogP) is 2.15. The third-order valence-corrected chi connectivity index (χ3v) is 3.89. The molecule has 2 rings (SSSR count). The molecule has 108 valence electrons. The minimum absolute atomic E-state index is 0.170. The van der Waals surface area contributed by atoms with Crippen molar-refractivity contribution >= 4 is 17.6 Å². The maximum atomic E-state index is 11.2. The lowest BCUT2D eigenvalue weighted by molar-refractivity contribution is -0.142. The van der Waals surface area contributed by atoms with Gasteiger partial charge in [-0.1, -0.05) is 6.42 Å². The molecule has 1 aliphatic rings. The van der Waals surface area contributed by atoms with Gasteiger partial charge in [0.1, 0.15) is 0 Å². The van der Waals surface area contributed by atoms with Gasteiger partial charge in [-0.3, -0.25) is 9.59 Å². The fraction of sp³-hybridized carbons (Fsp3) is 0.467. The van der Waals surface area contributed by atoms with E-state index in [0.29, 0.717) is 12.0 Å². The number of benzene rings is 1. The van der Waals surface area contributed by atoms with Crippen LogP contribution in [0.2, 0.25) is 0 Å². The first-order valence-electron chi connectivity index (χ1n) is 6.87. The van der Waals surface area contributed by atoms with Crippen LogP contribution >= 0.6 is 0 Å². The Labute approximate surface area is 118 Å². The molecule has 0 aliphatic heterocycles. The summed E-state index contributed by atoms with van der Waals surface area (Å²) >= 11 is 0. The van der Waals surface area contributed by atoms with E-state index >= 15 is 0 Å². The van der Waals surface area contributed by atoms with Gasteiger partial charge in [0.05, 0.1) is 5.92 Å². The van der Waals surface area contributed by atoms with Crippen LogP contribution in [0.5, 0.6) is 0 Å². The van der Waals surface area contributed by atoms with Crippen molar-refractivity contribution in [1.82, 2.24) is 0 Å². The standard InChI is InChI=1S/C15H20N2O3/c1-9-7-12(5-6-13(9)14(16)18)17-11-4-2-3-10(8-11)15(19)20/h5-7,10-11,17H,2-4,8H2,1H3,(H2,16,18)(H,19,20). The van der Waals surface area contributed by atoms with E-state index < -0.39 is 11.9 Å². The highest BCUT2D eigenvalue weighted by molar-refractivity contribution is 5.94. The Kier molecular flexibility index (Phi) is 4.27. The number of nitrogens with two attached hydrogens (primary N) is 1. The topological polar surface area (TPSA) is 92.4 Å². The number of hydrogen-bond donors (Lipinski definition) is 3. The number of nitrogens with one attached hydrogen (secondary N) is 1. The highest BCUT2D eigenvalue weighted by atomic mass is 16.4. The van der Waals surface area contributed by atoms with Gasteiger partial charge in [0.15, 0.2) is 0 Å². The lowest BCUT2D eigenvalue weighted by atomic mass is 9.85. The normalized spacial score (nSPS) is 22.2. The summed E-state index contributed by atoms with van der Waals surface area (Å²) in [7, 11) is 0. The molecule has 1 fully saturated rings. The number of aryl methyl sites for hydroxylation is 1. The van der Waals surface area contributed by atoms with Crippen LogP contribution in [0.3, 0.4) is 0 Å². The van der Waals surface area contributed by atoms with Gasteiger partial charge in [0, 0.05) is 17.3 Å². The second-order valence-electron chi connectivity index (χ2n) is 5.44. The zero-order valence-corrected chi connectivity index (χ0v) is 11.6. The van der Waals surface area contributed by atoms with E-state index in [0.717, 1.165) is 30.5 Å². The van der Waals surface area contributed by atoms with Gasteiger partial charge in [-0.15, -0.1) is 0 Å². The van der Waals surface area contributed by atoms with Gasteiger partial charge >= 0.3 is 5.97 Å². The van der Waals surface area contributed by atoms with Crippen molar-refractivity contribution < 1.29 is 14.7 Å². The Morgan fingerprint density at radius 3 is 2.70 bits per heavy atom. The SMILES string of the molecule is Cc1cc(NC2CCCC(C(=O)O)C2)ccc1C(N)=O. The fourth-order valence-electron chi connectivity index (χ4n) is 2.81. The molecule has 0 radical (unpaired) electrons. The minimum atomic E-state index is -0.711. The summed E-state index contributed by atoms with van der Waals surface area (Å²) in [5.41, 5.74) is 7.53. The van der Waals surface area contributed by atoms with Crippen LogP contribution in [0.4, 0.5) is 5.69 Å². The first-order valence-corrected chi connectivity index (χ1v) is 6.87. The van der Waals surface area contributed by atoms with Crippen LogP contribution in [0.25, 0.3) is 0 Å². The predicted molar refractivity (Wildman–Crippen MR) is 76.7 cm³/mol. The number of amides is 1. The summed E-state index contributed by atoms with van der Waals surface area (Å²) in [6.07, 6.45) is 3.30. The van der Waals surface area contributed by atoms with Gasteiger partial charge < -0.3 is 16.2 Å². The van der Waals surface area contributed by atoms with E-state index in [1.165, 1.54) is 0 Å². The minimum Gasteiger partial charge on any atom is -0.481 e. The molecule has 20 heavy (non-hydrogen) atoms. The smallest absolute Gasteiger partial charge is 0.306 e. The number of aliphatic carboxylic acids is 1. The molecule has 1 aromatic carbocycles. The number of carbonyl (C=O) groups is 2. The van der Waals surface area contributed by atoms with Crippen LogP contribution in [0.15, 0.2) is 18.2 Å². The fourth-order valence-corrected chi connectivity index (χ4v) is 2.81. The summed E-state index contributed by atoms with van der Waals surface area (Å²) in [6, 6.07) is 5.57. The Hall–Kier alpha value is -2.04. The first-order chi connectivity index (χ1) is 9.47. The zero-order chi connectivity index (χ0) is 14.7. The van der Waals surface area contributed by atoms with E-state index in [4.69, 9.17) is 10.8 Å². The molecule has 0 spiro atoms. The number of anilines is 1. The molecule has 2 atom stereocenters. The molecule has 5 nitrogen and oxygen atoms in total. The van der Waals surface area contributed by atoms with Crippen LogP contribution in [0, 0.1) is 12.8 Å². The molecule has 0 bridgehead atoms. The lowest BCUT2D eigenvalue weighted by Crippen LogP contribution is -2.31. The van der Waals surface area contributed by atoms with Crippen molar-refractivity contribution in [3.05, 3.63) is 29.3 Å². The van der Waals surface area contributed by atoms with E-state index in [9.17, 15) is 9.59 Å². The number of carbonyl (C=O) groups excluding carboxylic acids is 1. The molecule has 0 saturated heterocycles. The van der Waals surface area contributed by atoms with Gasteiger partial charge in [-0.05, 0) is 49.9 Å². The second-order valence-corrected chi connectivity index (χ2v) is 5.44. The number of primary amides is 1. The van der Waals surface area contributed by atoms with Gasteiger partial charge in [-0.25, -0.2) is 0 Å². The maximum absolute atomic E-state index is 11.2. The van der Waals surface area contributed by atoms with Crippen molar-refractivity contribution in [1.29, 1.82) is 0 Å². The number of carboxylic acids is 1. The largest absolute Gasteiger partial charge is 0.481 e. The van der Waals surface area contributed by atoms with Crippen molar-refractivity contribution in [3.63, 3.8) is 0 Å². The molecule has 0 heterocycles. The molecule has 2 unspecified atom stereocenters. The molecule has 1 aliphatic carbocycles. The Morgan fingerprint density at radius 2 is 2.10 bits per heavy atom. The molecular weight excluding hydrogens is 256 g/mol. The Bertz CT molecular complexity index is 528. The van der Waals surface area contributed by atoms with E-state index in [2.05, 4.69) is 5.32 Å². The van der Waals surface area contributed by atoms with Crippen LogP contribution < -0.4 is 11.1 Å². The Balaban J connectivity index is 2.04. The summed E-state index contributed by atoms with van der Waals surface area (Å²) < 4.78 is 0. The van der Waals surface area contributed by atoms with Gasteiger partial charge in [0.25, 0.3) is 0 Å². The van der Waals surface area contributed by atoms with Crippen LogP contribution in [-0.2, 0) is 4.79 Å². The average Bonchev–Trinajstić information content (AvgIpc) is 2.38. The van der Waals surface area contributed by atoms with Crippen LogP contribution in [0.1, 0.15) is 41.6 Å². The summed E-state index contributed by atoms with van der Waals surface area (Å²) in [6.45, 7) is 1.84. The molecule has 0 aromatic heterocycles. The van der Waals surface area contributed by atoms with Crippen LogP contribution in [-0.4, -0.2) is 23.0 Å². The summed E-state index contributed by atoms with van der Waals surface area (Å²) in [5, 5.41) is 12.4. The van der Waals surface area contributed by atoms with E-state index in [1.807, 2.05) is 19.1 Å². The van der Waals surface area contributed by atoms with Gasteiger partial charge in [-0.2, -0.15) is 0 Å². The highest BCUT2D eigenvalue weighted by Gasteiger charge is 2.26. The van der Waals surface area contributed by atoms with Crippen molar-refractivity contribution in [2.24, 2.45) is 11.7 Å².